The second-order valence-electron chi connectivity index (χ2n) is 6.04. The number of carbonyl (C=O) groups excluding carboxylic acids is 3. The molecule has 0 atom stereocenters. The van der Waals surface area contributed by atoms with Crippen LogP contribution in [0.1, 0.15) is 47.8 Å². The van der Waals surface area contributed by atoms with Gasteiger partial charge in [0.05, 0.1) is 17.2 Å². The molecule has 8 nitrogen and oxygen atoms in total. The number of benzene rings is 2. The molecule has 0 aliphatic carbocycles. The Morgan fingerprint density at radius 2 is 1.34 bits per heavy atom. The molecule has 0 aliphatic rings. The molecule has 0 amide bonds. The molecule has 0 aromatic heterocycles. The zero-order valence-electron chi connectivity index (χ0n) is 15.7. The molecule has 0 bridgehead atoms. The number of phenolic OH excluding ortho intramolecular Hbond substituents is 3. The molecule has 0 radical (unpaired) electrons. The van der Waals surface area contributed by atoms with Gasteiger partial charge in [0.1, 0.15) is 33.9 Å². The van der Waals surface area contributed by atoms with Gasteiger partial charge in [-0.25, -0.2) is 9.59 Å². The summed E-state index contributed by atoms with van der Waals surface area (Å²) in [5, 5.41) is 29.9. The minimum atomic E-state index is -1.15. The second-order valence-corrected chi connectivity index (χ2v) is 6.80. The first-order valence-corrected chi connectivity index (χ1v) is 8.76. The van der Waals surface area contributed by atoms with Crippen LogP contribution in [0.2, 0.25) is 10.0 Å². The van der Waals surface area contributed by atoms with Crippen molar-refractivity contribution >= 4 is 41.4 Å². The van der Waals surface area contributed by atoms with Crippen molar-refractivity contribution in [2.24, 2.45) is 0 Å². The van der Waals surface area contributed by atoms with E-state index in [9.17, 15) is 29.7 Å². The van der Waals surface area contributed by atoms with Crippen LogP contribution in [-0.4, -0.2) is 40.7 Å². The SMILES string of the molecule is COC(=O)c1c(C)c(Cl)c(OC(=O)c2c(C)c(Cl)c(O)c(C=O)c2O)c(C)c1O. The van der Waals surface area contributed by atoms with E-state index in [2.05, 4.69) is 4.74 Å². The lowest BCUT2D eigenvalue weighted by atomic mass is 10.0. The van der Waals surface area contributed by atoms with Gasteiger partial charge < -0.3 is 24.8 Å². The Bertz CT molecular complexity index is 1030. The van der Waals surface area contributed by atoms with Crippen LogP contribution in [0.15, 0.2) is 0 Å². The largest absolute Gasteiger partial charge is 0.507 e. The number of aldehydes is 1. The van der Waals surface area contributed by atoms with Gasteiger partial charge in [0.25, 0.3) is 0 Å². The van der Waals surface area contributed by atoms with Crippen molar-refractivity contribution in [3.8, 4) is 23.0 Å². The molecule has 2 rings (SSSR count). The van der Waals surface area contributed by atoms with Crippen LogP contribution < -0.4 is 4.74 Å². The van der Waals surface area contributed by atoms with E-state index < -0.39 is 40.3 Å². The molecule has 0 fully saturated rings. The fourth-order valence-electron chi connectivity index (χ4n) is 2.73. The summed E-state index contributed by atoms with van der Waals surface area (Å²) in [6.45, 7) is 4.09. The number of aromatic hydroxyl groups is 3. The first kappa shape index (κ1) is 22.3. The van der Waals surface area contributed by atoms with Gasteiger partial charge in [-0.2, -0.15) is 0 Å². The number of hydrogen-bond donors (Lipinski definition) is 3. The third-order valence-corrected chi connectivity index (χ3v) is 5.32. The molecule has 0 saturated heterocycles. The first-order valence-electron chi connectivity index (χ1n) is 8.00. The van der Waals surface area contributed by atoms with Crippen molar-refractivity contribution in [1.82, 2.24) is 0 Å². The number of hydrogen-bond acceptors (Lipinski definition) is 8. The highest BCUT2D eigenvalue weighted by molar-refractivity contribution is 6.34. The number of esters is 2. The molecular formula is C19H16Cl2O8. The van der Waals surface area contributed by atoms with Gasteiger partial charge in [-0.1, -0.05) is 23.2 Å². The van der Waals surface area contributed by atoms with E-state index in [4.69, 9.17) is 27.9 Å². The summed E-state index contributed by atoms with van der Waals surface area (Å²) >= 11 is 12.1. The summed E-state index contributed by atoms with van der Waals surface area (Å²) in [4.78, 5) is 35.8. The van der Waals surface area contributed by atoms with E-state index >= 15 is 0 Å². The monoisotopic (exact) mass is 442 g/mol. The highest BCUT2D eigenvalue weighted by Crippen LogP contribution is 2.43. The standard InChI is InChI=1S/C19H16Cl2O8/c1-6-11(15(24)9(5-22)16(25)12(6)20)19(27)29-17-8(3)14(23)10(18(26)28-4)7(2)13(17)21/h5,23-25H,1-4H3. The summed E-state index contributed by atoms with van der Waals surface area (Å²) in [6.07, 6.45) is 0.131. The van der Waals surface area contributed by atoms with E-state index in [1.165, 1.54) is 20.8 Å². The van der Waals surface area contributed by atoms with Crippen LogP contribution in [-0.2, 0) is 4.74 Å². The van der Waals surface area contributed by atoms with Crippen molar-refractivity contribution in [3.05, 3.63) is 43.4 Å². The third-order valence-electron chi connectivity index (χ3n) is 4.40. The van der Waals surface area contributed by atoms with Crippen molar-refractivity contribution in [2.75, 3.05) is 7.11 Å². The van der Waals surface area contributed by atoms with Crippen LogP contribution in [0.5, 0.6) is 23.0 Å². The van der Waals surface area contributed by atoms with Gasteiger partial charge in [-0.3, -0.25) is 4.79 Å². The Labute approximate surface area is 175 Å². The van der Waals surface area contributed by atoms with E-state index in [0.717, 1.165) is 7.11 Å². The normalized spacial score (nSPS) is 10.6. The van der Waals surface area contributed by atoms with E-state index in [1.54, 1.807) is 0 Å². The zero-order valence-corrected chi connectivity index (χ0v) is 17.2. The van der Waals surface area contributed by atoms with Crippen molar-refractivity contribution in [3.63, 3.8) is 0 Å². The number of phenols is 3. The maximum Gasteiger partial charge on any atom is 0.347 e. The minimum Gasteiger partial charge on any atom is -0.507 e. The number of carbonyl (C=O) groups is 3. The molecule has 154 valence electrons. The number of rotatable bonds is 4. The first-order chi connectivity index (χ1) is 13.5. The topological polar surface area (TPSA) is 130 Å². The zero-order chi connectivity index (χ0) is 22.2. The van der Waals surface area contributed by atoms with Crippen molar-refractivity contribution < 1.29 is 39.2 Å². The molecule has 3 N–H and O–H groups in total. The predicted molar refractivity (Wildman–Crippen MR) is 104 cm³/mol. The van der Waals surface area contributed by atoms with Gasteiger partial charge in [-0.15, -0.1) is 0 Å². The number of methoxy groups -OCH3 is 1. The lowest BCUT2D eigenvalue weighted by Crippen LogP contribution is -2.14. The fourth-order valence-corrected chi connectivity index (χ4v) is 3.20. The quantitative estimate of drug-likeness (QED) is 0.369. The average Bonchev–Trinajstić information content (AvgIpc) is 2.68. The molecule has 10 heteroatoms. The van der Waals surface area contributed by atoms with E-state index in [0.29, 0.717) is 0 Å². The number of ether oxygens (including phenoxy) is 2. The second kappa shape index (κ2) is 8.18. The van der Waals surface area contributed by atoms with Crippen LogP contribution in [0.25, 0.3) is 0 Å². The Hall–Kier alpha value is -2.97. The highest BCUT2D eigenvalue weighted by atomic mass is 35.5. The molecule has 0 saturated carbocycles. The van der Waals surface area contributed by atoms with E-state index in [1.807, 2.05) is 0 Å². The van der Waals surface area contributed by atoms with Crippen LogP contribution in [0.4, 0.5) is 0 Å². The lowest BCUT2D eigenvalue weighted by Gasteiger charge is -2.18. The summed E-state index contributed by atoms with van der Waals surface area (Å²) in [7, 11) is 1.13. The molecule has 0 heterocycles. The van der Waals surface area contributed by atoms with Crippen LogP contribution >= 0.6 is 23.2 Å². The Kier molecular flexibility index (Phi) is 6.30. The summed E-state index contributed by atoms with van der Waals surface area (Å²) < 4.78 is 9.86. The maximum absolute atomic E-state index is 12.7. The van der Waals surface area contributed by atoms with Crippen molar-refractivity contribution in [1.29, 1.82) is 0 Å². The Balaban J connectivity index is 2.66. The average molecular weight is 443 g/mol. The molecule has 0 spiro atoms. The smallest absolute Gasteiger partial charge is 0.347 e. The van der Waals surface area contributed by atoms with Gasteiger partial charge in [0.2, 0.25) is 0 Å². The summed E-state index contributed by atoms with van der Waals surface area (Å²) in [6, 6.07) is 0. The van der Waals surface area contributed by atoms with Crippen LogP contribution in [0, 0.1) is 20.8 Å². The molecule has 2 aromatic rings. The van der Waals surface area contributed by atoms with Crippen molar-refractivity contribution in [2.45, 2.75) is 20.8 Å². The summed E-state index contributed by atoms with van der Waals surface area (Å²) in [5.41, 5.74) is -1.23. The van der Waals surface area contributed by atoms with Crippen LogP contribution in [0.3, 0.4) is 0 Å². The van der Waals surface area contributed by atoms with Gasteiger partial charge in [0, 0.05) is 5.56 Å². The maximum atomic E-state index is 12.7. The van der Waals surface area contributed by atoms with Gasteiger partial charge in [-0.05, 0) is 31.9 Å². The lowest BCUT2D eigenvalue weighted by molar-refractivity contribution is 0.0596. The third kappa shape index (κ3) is 3.56. The molecule has 29 heavy (non-hydrogen) atoms. The molecular weight excluding hydrogens is 427 g/mol. The highest BCUT2D eigenvalue weighted by Gasteiger charge is 2.29. The van der Waals surface area contributed by atoms with Gasteiger partial charge >= 0.3 is 11.9 Å². The van der Waals surface area contributed by atoms with Gasteiger partial charge in [0.15, 0.2) is 12.0 Å². The Morgan fingerprint density at radius 1 is 0.828 bits per heavy atom. The number of halogens is 2. The Morgan fingerprint density at radius 3 is 1.86 bits per heavy atom. The fraction of sp³-hybridized carbons (Fsp3) is 0.211. The molecule has 2 aromatic carbocycles. The minimum absolute atomic E-state index is 0.0352. The molecule has 0 aliphatic heterocycles. The van der Waals surface area contributed by atoms with E-state index in [-0.39, 0.29) is 44.3 Å². The summed E-state index contributed by atoms with van der Waals surface area (Å²) in [5.74, 6) is -4.27. The predicted octanol–water partition coefficient (Wildman–Crippen LogP) is 3.85. The molecule has 0 unspecified atom stereocenters.